The van der Waals surface area contributed by atoms with E-state index in [2.05, 4.69) is 27.3 Å². The van der Waals surface area contributed by atoms with Crippen molar-refractivity contribution in [3.05, 3.63) is 48.0 Å². The SMILES string of the molecule is CN(C)CCC(=O)NC(c1ccc(N(C)C)cc1)c1nccn1C. The minimum absolute atomic E-state index is 0.0217. The molecular formula is C18H27N5O. The molecule has 0 saturated heterocycles. The number of nitrogens with one attached hydrogen (secondary N) is 1. The predicted octanol–water partition coefficient (Wildman–Crippen LogP) is 1.64. The smallest absolute Gasteiger partial charge is 0.222 e. The monoisotopic (exact) mass is 329 g/mol. The van der Waals surface area contributed by atoms with Crippen LogP contribution in [0.1, 0.15) is 23.9 Å². The van der Waals surface area contributed by atoms with Gasteiger partial charge in [-0.15, -0.1) is 0 Å². The fourth-order valence-corrected chi connectivity index (χ4v) is 2.48. The topological polar surface area (TPSA) is 53.4 Å². The van der Waals surface area contributed by atoms with E-state index in [9.17, 15) is 4.79 Å². The number of anilines is 1. The highest BCUT2D eigenvalue weighted by atomic mass is 16.1. The number of rotatable bonds is 7. The van der Waals surface area contributed by atoms with Crippen molar-refractivity contribution in [2.24, 2.45) is 7.05 Å². The lowest BCUT2D eigenvalue weighted by Gasteiger charge is -2.21. The van der Waals surface area contributed by atoms with Crippen molar-refractivity contribution >= 4 is 11.6 Å². The number of benzene rings is 1. The Morgan fingerprint density at radius 2 is 1.88 bits per heavy atom. The molecule has 0 aliphatic rings. The van der Waals surface area contributed by atoms with E-state index < -0.39 is 0 Å². The van der Waals surface area contributed by atoms with Crippen LogP contribution in [-0.4, -0.2) is 55.1 Å². The lowest BCUT2D eigenvalue weighted by Crippen LogP contribution is -2.33. The summed E-state index contributed by atoms with van der Waals surface area (Å²) in [7, 11) is 9.88. The minimum Gasteiger partial charge on any atom is -0.378 e. The lowest BCUT2D eigenvalue weighted by atomic mass is 10.0. The summed E-state index contributed by atoms with van der Waals surface area (Å²) < 4.78 is 1.94. The molecule has 0 aliphatic heterocycles. The maximum Gasteiger partial charge on any atom is 0.222 e. The third-order valence-electron chi connectivity index (χ3n) is 3.95. The molecule has 1 amide bonds. The molecule has 130 valence electrons. The molecule has 2 aromatic rings. The Balaban J connectivity index is 2.23. The second kappa shape index (κ2) is 7.97. The average molecular weight is 329 g/mol. The molecule has 0 saturated carbocycles. The molecule has 1 atom stereocenters. The molecule has 1 heterocycles. The molecule has 1 unspecified atom stereocenters. The summed E-state index contributed by atoms with van der Waals surface area (Å²) >= 11 is 0. The first kappa shape index (κ1) is 18.0. The number of hydrogen-bond donors (Lipinski definition) is 1. The molecule has 0 bridgehead atoms. The quantitative estimate of drug-likeness (QED) is 0.839. The fraction of sp³-hybridized carbons (Fsp3) is 0.444. The second-order valence-electron chi connectivity index (χ2n) is 6.44. The zero-order valence-electron chi connectivity index (χ0n) is 15.2. The molecule has 2 rings (SSSR count). The standard InChI is InChI=1S/C18H27N5O/c1-21(2)12-10-16(24)20-17(18-19-11-13-23(18)5)14-6-8-15(9-7-14)22(3)4/h6-9,11,13,17H,10,12H2,1-5H3,(H,20,24). The number of carbonyl (C=O) groups excluding carboxylic acids is 1. The number of aromatic nitrogens is 2. The Kier molecular flexibility index (Phi) is 5.98. The zero-order chi connectivity index (χ0) is 17.7. The molecule has 1 aromatic heterocycles. The number of carbonyl (C=O) groups is 1. The van der Waals surface area contributed by atoms with Crippen LogP contribution in [0.5, 0.6) is 0 Å². The molecule has 1 N–H and O–H groups in total. The Hall–Kier alpha value is -2.34. The Bertz CT molecular complexity index is 660. The predicted molar refractivity (Wildman–Crippen MR) is 97.1 cm³/mol. The summed E-state index contributed by atoms with van der Waals surface area (Å²) in [6.45, 7) is 0.721. The van der Waals surface area contributed by atoms with Gasteiger partial charge in [-0.25, -0.2) is 4.98 Å². The minimum atomic E-state index is -0.254. The summed E-state index contributed by atoms with van der Waals surface area (Å²) in [6, 6.07) is 7.94. The first-order chi connectivity index (χ1) is 11.4. The van der Waals surface area contributed by atoms with Gasteiger partial charge < -0.3 is 19.7 Å². The number of imidazole rings is 1. The van der Waals surface area contributed by atoms with Gasteiger partial charge in [0.25, 0.3) is 0 Å². The van der Waals surface area contributed by atoms with E-state index in [-0.39, 0.29) is 11.9 Å². The molecule has 6 heteroatoms. The van der Waals surface area contributed by atoms with Crippen LogP contribution in [0.25, 0.3) is 0 Å². The van der Waals surface area contributed by atoms with E-state index in [1.165, 1.54) is 0 Å². The summed E-state index contributed by atoms with van der Waals surface area (Å²) in [6.07, 6.45) is 4.11. The lowest BCUT2D eigenvalue weighted by molar-refractivity contribution is -0.121. The van der Waals surface area contributed by atoms with Crippen LogP contribution < -0.4 is 10.2 Å². The Morgan fingerprint density at radius 1 is 1.21 bits per heavy atom. The van der Waals surface area contributed by atoms with Gasteiger partial charge in [0.05, 0.1) is 0 Å². The number of aryl methyl sites for hydroxylation is 1. The van der Waals surface area contributed by atoms with E-state index >= 15 is 0 Å². The van der Waals surface area contributed by atoms with Crippen LogP contribution in [-0.2, 0) is 11.8 Å². The summed E-state index contributed by atoms with van der Waals surface area (Å²) in [4.78, 5) is 20.8. The van der Waals surface area contributed by atoms with Crippen molar-refractivity contribution in [3.8, 4) is 0 Å². The van der Waals surface area contributed by atoms with Crippen LogP contribution in [0.15, 0.2) is 36.7 Å². The number of amides is 1. The molecular weight excluding hydrogens is 302 g/mol. The van der Waals surface area contributed by atoms with E-state index in [1.54, 1.807) is 6.20 Å². The van der Waals surface area contributed by atoms with Gasteiger partial charge >= 0.3 is 0 Å². The molecule has 6 nitrogen and oxygen atoms in total. The van der Waals surface area contributed by atoms with Crippen LogP contribution in [0.2, 0.25) is 0 Å². The van der Waals surface area contributed by atoms with Crippen molar-refractivity contribution in [3.63, 3.8) is 0 Å². The first-order valence-corrected chi connectivity index (χ1v) is 8.07. The largest absolute Gasteiger partial charge is 0.378 e. The first-order valence-electron chi connectivity index (χ1n) is 8.07. The highest BCUT2D eigenvalue weighted by molar-refractivity contribution is 5.77. The van der Waals surface area contributed by atoms with Crippen molar-refractivity contribution in [2.75, 3.05) is 39.6 Å². The van der Waals surface area contributed by atoms with Gasteiger partial charge in [0.15, 0.2) is 0 Å². The molecule has 24 heavy (non-hydrogen) atoms. The zero-order valence-corrected chi connectivity index (χ0v) is 15.2. The van der Waals surface area contributed by atoms with Gasteiger partial charge in [-0.3, -0.25) is 4.79 Å². The average Bonchev–Trinajstić information content (AvgIpc) is 2.96. The van der Waals surface area contributed by atoms with Gasteiger partial charge in [0.2, 0.25) is 5.91 Å². The van der Waals surface area contributed by atoms with Crippen LogP contribution in [0.3, 0.4) is 0 Å². The van der Waals surface area contributed by atoms with Crippen molar-refractivity contribution < 1.29 is 4.79 Å². The van der Waals surface area contributed by atoms with Gasteiger partial charge in [-0.1, -0.05) is 12.1 Å². The van der Waals surface area contributed by atoms with Crippen molar-refractivity contribution in [1.29, 1.82) is 0 Å². The van der Waals surface area contributed by atoms with E-state index in [0.717, 1.165) is 23.6 Å². The Morgan fingerprint density at radius 3 is 2.38 bits per heavy atom. The highest BCUT2D eigenvalue weighted by Gasteiger charge is 2.20. The number of hydrogen-bond acceptors (Lipinski definition) is 4. The highest BCUT2D eigenvalue weighted by Crippen LogP contribution is 2.23. The van der Waals surface area contributed by atoms with Gasteiger partial charge in [-0.2, -0.15) is 0 Å². The van der Waals surface area contributed by atoms with Gasteiger partial charge in [0, 0.05) is 52.2 Å². The molecule has 1 aromatic carbocycles. The van der Waals surface area contributed by atoms with Crippen LogP contribution in [0.4, 0.5) is 5.69 Å². The molecule has 0 fully saturated rings. The van der Waals surface area contributed by atoms with E-state index in [4.69, 9.17) is 0 Å². The fourth-order valence-electron chi connectivity index (χ4n) is 2.48. The van der Waals surface area contributed by atoms with E-state index in [0.29, 0.717) is 6.42 Å². The second-order valence-corrected chi connectivity index (χ2v) is 6.44. The molecule has 0 spiro atoms. The summed E-state index contributed by atoms with van der Waals surface area (Å²) in [5.74, 6) is 0.846. The van der Waals surface area contributed by atoms with E-state index in [1.807, 2.05) is 63.0 Å². The third-order valence-corrected chi connectivity index (χ3v) is 3.95. The van der Waals surface area contributed by atoms with Crippen molar-refractivity contribution in [2.45, 2.75) is 12.5 Å². The Labute approximate surface area is 144 Å². The normalized spacial score (nSPS) is 12.2. The number of nitrogens with zero attached hydrogens (tertiary/aromatic N) is 4. The van der Waals surface area contributed by atoms with Crippen molar-refractivity contribution in [1.82, 2.24) is 19.8 Å². The van der Waals surface area contributed by atoms with Crippen LogP contribution >= 0.6 is 0 Å². The third kappa shape index (κ3) is 4.58. The molecule has 0 aliphatic carbocycles. The van der Waals surface area contributed by atoms with Gasteiger partial charge in [-0.05, 0) is 31.8 Å². The van der Waals surface area contributed by atoms with Crippen LogP contribution in [0, 0.1) is 0 Å². The summed E-state index contributed by atoms with van der Waals surface area (Å²) in [5, 5.41) is 3.12. The molecule has 0 radical (unpaired) electrons. The summed E-state index contributed by atoms with van der Waals surface area (Å²) in [5.41, 5.74) is 2.14. The maximum absolute atomic E-state index is 12.3. The van der Waals surface area contributed by atoms with Gasteiger partial charge in [0.1, 0.15) is 11.9 Å². The maximum atomic E-state index is 12.3.